The first kappa shape index (κ1) is 18.1. The smallest absolute Gasteiger partial charge is 0.0719 e. The van der Waals surface area contributed by atoms with Gasteiger partial charge in [-0.3, -0.25) is 4.90 Å². The maximum absolute atomic E-state index is 10.8. The fourth-order valence-electron chi connectivity index (χ4n) is 3.78. The molecule has 1 fully saturated rings. The third kappa shape index (κ3) is 4.49. The highest BCUT2D eigenvalue weighted by Gasteiger charge is 2.38. The summed E-state index contributed by atoms with van der Waals surface area (Å²) in [5.74, 6) is 0.258. The Morgan fingerprint density at radius 2 is 1.88 bits per heavy atom. The van der Waals surface area contributed by atoms with Crippen molar-refractivity contribution in [2.24, 2.45) is 5.92 Å². The number of hydrogen-bond acceptors (Lipinski definition) is 3. The first-order valence-electron chi connectivity index (χ1n) is 9.19. The van der Waals surface area contributed by atoms with Crippen LogP contribution in [-0.4, -0.2) is 42.4 Å². The van der Waals surface area contributed by atoms with Gasteiger partial charge < -0.3 is 9.84 Å². The summed E-state index contributed by atoms with van der Waals surface area (Å²) >= 11 is 0. The number of benzene rings is 2. The van der Waals surface area contributed by atoms with Gasteiger partial charge in [0.1, 0.15) is 0 Å². The monoisotopic (exact) mass is 339 g/mol. The average molecular weight is 339 g/mol. The molecule has 1 heterocycles. The molecule has 0 radical (unpaired) electrons. The Kier molecular flexibility index (Phi) is 5.89. The van der Waals surface area contributed by atoms with Crippen LogP contribution in [0.15, 0.2) is 54.6 Å². The lowest BCUT2D eigenvalue weighted by Gasteiger charge is -2.43. The molecule has 2 atom stereocenters. The van der Waals surface area contributed by atoms with Crippen molar-refractivity contribution in [1.82, 2.24) is 4.90 Å². The second kappa shape index (κ2) is 8.13. The minimum absolute atomic E-state index is 0.258. The first-order valence-corrected chi connectivity index (χ1v) is 9.19. The Bertz CT molecular complexity index is 673. The van der Waals surface area contributed by atoms with E-state index < -0.39 is 5.60 Å². The molecule has 3 rings (SSSR count). The lowest BCUT2D eigenvalue weighted by Crippen LogP contribution is -2.51. The number of rotatable bonds is 6. The second-order valence-corrected chi connectivity index (χ2v) is 7.30. The van der Waals surface area contributed by atoms with E-state index >= 15 is 0 Å². The standard InChI is InChI=1S/C22H29NO2/c1-18-16-23(13-11-22(18,24)12-14-25-2)17-19-7-6-10-21(15-19)20-8-4-3-5-9-20/h3-10,15,18,24H,11-14,16-17H2,1-2H3/t18-,22-/m0/s1. The maximum atomic E-state index is 10.8. The predicted octanol–water partition coefficient (Wildman–Crippen LogP) is 3.96. The molecule has 0 unspecified atom stereocenters. The summed E-state index contributed by atoms with van der Waals surface area (Å²) in [5, 5.41) is 10.8. The summed E-state index contributed by atoms with van der Waals surface area (Å²) in [6.45, 7) is 5.57. The third-order valence-electron chi connectivity index (χ3n) is 5.49. The van der Waals surface area contributed by atoms with Gasteiger partial charge >= 0.3 is 0 Å². The van der Waals surface area contributed by atoms with Crippen LogP contribution in [0.3, 0.4) is 0 Å². The van der Waals surface area contributed by atoms with Gasteiger partial charge in [0, 0.05) is 33.4 Å². The summed E-state index contributed by atoms with van der Waals surface area (Å²) in [5.41, 5.74) is 3.26. The minimum atomic E-state index is -0.585. The Morgan fingerprint density at radius 3 is 2.60 bits per heavy atom. The Labute approximate surface area is 151 Å². The zero-order valence-electron chi connectivity index (χ0n) is 15.3. The predicted molar refractivity (Wildman–Crippen MR) is 102 cm³/mol. The lowest BCUT2D eigenvalue weighted by molar-refractivity contribution is -0.0827. The van der Waals surface area contributed by atoms with Crippen LogP contribution in [-0.2, 0) is 11.3 Å². The van der Waals surface area contributed by atoms with Gasteiger partial charge in [0.15, 0.2) is 0 Å². The van der Waals surface area contributed by atoms with E-state index in [9.17, 15) is 5.11 Å². The molecular formula is C22H29NO2. The fourth-order valence-corrected chi connectivity index (χ4v) is 3.78. The van der Waals surface area contributed by atoms with Crippen molar-refractivity contribution in [1.29, 1.82) is 0 Å². The molecule has 3 heteroatoms. The van der Waals surface area contributed by atoms with Gasteiger partial charge in [0.2, 0.25) is 0 Å². The van der Waals surface area contributed by atoms with Crippen LogP contribution in [0.1, 0.15) is 25.3 Å². The van der Waals surface area contributed by atoms with Gasteiger partial charge in [-0.1, -0.05) is 55.5 Å². The molecule has 3 nitrogen and oxygen atoms in total. The quantitative estimate of drug-likeness (QED) is 0.864. The fraction of sp³-hybridized carbons (Fsp3) is 0.455. The van der Waals surface area contributed by atoms with Crippen LogP contribution in [0.25, 0.3) is 11.1 Å². The second-order valence-electron chi connectivity index (χ2n) is 7.30. The van der Waals surface area contributed by atoms with Crippen molar-refractivity contribution in [3.63, 3.8) is 0 Å². The summed E-state index contributed by atoms with van der Waals surface area (Å²) < 4.78 is 5.16. The molecule has 0 amide bonds. The highest BCUT2D eigenvalue weighted by molar-refractivity contribution is 5.63. The number of hydrogen-bond donors (Lipinski definition) is 1. The molecule has 25 heavy (non-hydrogen) atoms. The van der Waals surface area contributed by atoms with Crippen molar-refractivity contribution in [3.05, 3.63) is 60.2 Å². The summed E-state index contributed by atoms with van der Waals surface area (Å²) in [6, 6.07) is 19.3. The summed E-state index contributed by atoms with van der Waals surface area (Å²) in [6.07, 6.45) is 1.54. The summed E-state index contributed by atoms with van der Waals surface area (Å²) in [4.78, 5) is 2.45. The topological polar surface area (TPSA) is 32.7 Å². The van der Waals surface area contributed by atoms with Crippen LogP contribution >= 0.6 is 0 Å². The minimum Gasteiger partial charge on any atom is -0.389 e. The van der Waals surface area contributed by atoms with Crippen LogP contribution in [0, 0.1) is 5.92 Å². The largest absolute Gasteiger partial charge is 0.389 e. The number of aliphatic hydroxyl groups is 1. The molecule has 2 aromatic carbocycles. The van der Waals surface area contributed by atoms with Crippen molar-refractivity contribution < 1.29 is 9.84 Å². The third-order valence-corrected chi connectivity index (χ3v) is 5.49. The molecular weight excluding hydrogens is 310 g/mol. The van der Waals surface area contributed by atoms with Crippen molar-refractivity contribution >= 4 is 0 Å². The number of piperidine rings is 1. The van der Waals surface area contributed by atoms with Crippen molar-refractivity contribution in [2.45, 2.75) is 31.9 Å². The van der Waals surface area contributed by atoms with Gasteiger partial charge in [-0.2, -0.15) is 0 Å². The lowest BCUT2D eigenvalue weighted by atomic mass is 9.80. The maximum Gasteiger partial charge on any atom is 0.0719 e. The highest BCUT2D eigenvalue weighted by Crippen LogP contribution is 2.32. The van der Waals surface area contributed by atoms with Gasteiger partial charge in [-0.05, 0) is 41.5 Å². The first-order chi connectivity index (χ1) is 12.1. The van der Waals surface area contributed by atoms with Crippen LogP contribution in [0.4, 0.5) is 0 Å². The molecule has 1 aliphatic rings. The van der Waals surface area contributed by atoms with E-state index in [1.54, 1.807) is 7.11 Å². The van der Waals surface area contributed by atoms with E-state index in [2.05, 4.69) is 60.4 Å². The van der Waals surface area contributed by atoms with Crippen molar-refractivity contribution in [3.8, 4) is 11.1 Å². The van der Waals surface area contributed by atoms with Gasteiger partial charge in [-0.25, -0.2) is 0 Å². The van der Waals surface area contributed by atoms with Crippen LogP contribution in [0.2, 0.25) is 0 Å². The number of ether oxygens (including phenoxy) is 1. The molecule has 134 valence electrons. The zero-order chi connectivity index (χ0) is 17.7. The molecule has 0 spiro atoms. The molecule has 1 saturated heterocycles. The van der Waals surface area contributed by atoms with E-state index in [4.69, 9.17) is 4.74 Å². The SMILES string of the molecule is COCC[C@@]1(O)CCN(Cc2cccc(-c3ccccc3)c2)C[C@@H]1C. The average Bonchev–Trinajstić information content (AvgIpc) is 2.64. The molecule has 0 saturated carbocycles. The van der Waals surface area contributed by atoms with Crippen LogP contribution < -0.4 is 0 Å². The number of methoxy groups -OCH3 is 1. The van der Waals surface area contributed by atoms with Crippen molar-refractivity contribution in [2.75, 3.05) is 26.8 Å². The molecule has 1 aliphatic heterocycles. The van der Waals surface area contributed by atoms with Crippen LogP contribution in [0.5, 0.6) is 0 Å². The van der Waals surface area contributed by atoms with Gasteiger partial charge in [0.25, 0.3) is 0 Å². The Hall–Kier alpha value is -1.68. The Morgan fingerprint density at radius 1 is 1.12 bits per heavy atom. The molecule has 2 aromatic rings. The molecule has 0 bridgehead atoms. The van der Waals surface area contributed by atoms with Gasteiger partial charge in [-0.15, -0.1) is 0 Å². The summed E-state index contributed by atoms with van der Waals surface area (Å²) in [7, 11) is 1.70. The highest BCUT2D eigenvalue weighted by atomic mass is 16.5. The van der Waals surface area contributed by atoms with E-state index in [1.165, 1.54) is 16.7 Å². The zero-order valence-corrected chi connectivity index (χ0v) is 15.3. The molecule has 0 aromatic heterocycles. The van der Waals surface area contributed by atoms with Gasteiger partial charge in [0.05, 0.1) is 5.60 Å². The van der Waals surface area contributed by atoms with E-state index in [-0.39, 0.29) is 5.92 Å². The number of nitrogens with zero attached hydrogens (tertiary/aromatic N) is 1. The molecule has 0 aliphatic carbocycles. The Balaban J connectivity index is 1.64. The van der Waals surface area contributed by atoms with E-state index in [0.29, 0.717) is 6.61 Å². The van der Waals surface area contributed by atoms with E-state index in [0.717, 1.165) is 32.5 Å². The normalized spacial score (nSPS) is 24.4. The molecule has 1 N–H and O–H groups in total. The number of likely N-dealkylation sites (tertiary alicyclic amines) is 1. The van der Waals surface area contributed by atoms with E-state index in [1.807, 2.05) is 6.07 Å².